The zero-order valence-corrected chi connectivity index (χ0v) is 16.6. The molecule has 0 aromatic heterocycles. The van der Waals surface area contributed by atoms with E-state index in [9.17, 15) is 0 Å². The molecule has 0 aliphatic heterocycles. The normalized spacial score (nSPS) is 16.8. The van der Waals surface area contributed by atoms with Gasteiger partial charge >= 0.3 is 0 Å². The van der Waals surface area contributed by atoms with Crippen LogP contribution in [0.25, 0.3) is 11.1 Å². The molecule has 26 heavy (non-hydrogen) atoms. The highest BCUT2D eigenvalue weighted by atomic mass is 14.2. The van der Waals surface area contributed by atoms with E-state index in [1.165, 1.54) is 61.6 Å². The van der Waals surface area contributed by atoms with Gasteiger partial charge in [-0.2, -0.15) is 0 Å². The Kier molecular flexibility index (Phi) is 7.12. The maximum atomic E-state index is 2.45. The molecule has 0 heteroatoms. The van der Waals surface area contributed by atoms with E-state index in [1.54, 1.807) is 11.1 Å². The number of fused-ring (bicyclic) bond motifs is 1. The van der Waals surface area contributed by atoms with Gasteiger partial charge in [-0.05, 0) is 72.8 Å². The van der Waals surface area contributed by atoms with Gasteiger partial charge in [0.15, 0.2) is 0 Å². The van der Waals surface area contributed by atoms with Crippen LogP contribution in [0.5, 0.6) is 0 Å². The number of rotatable bonds is 8. The van der Waals surface area contributed by atoms with Crippen LogP contribution in [0.4, 0.5) is 0 Å². The Bertz CT molecular complexity index is 705. The van der Waals surface area contributed by atoms with Crippen molar-refractivity contribution in [2.24, 2.45) is 5.92 Å². The second-order valence-electron chi connectivity index (χ2n) is 7.89. The quantitative estimate of drug-likeness (QED) is 0.342. The molecule has 138 valence electrons. The molecule has 1 atom stereocenters. The first kappa shape index (κ1) is 19.0. The Morgan fingerprint density at radius 3 is 2.54 bits per heavy atom. The molecule has 0 radical (unpaired) electrons. The van der Waals surface area contributed by atoms with E-state index < -0.39 is 0 Å². The van der Waals surface area contributed by atoms with Gasteiger partial charge in [0.25, 0.3) is 0 Å². The molecule has 1 aliphatic carbocycles. The molecule has 2 aromatic carbocycles. The molecule has 0 bridgehead atoms. The van der Waals surface area contributed by atoms with Crippen molar-refractivity contribution >= 4 is 0 Å². The summed E-state index contributed by atoms with van der Waals surface area (Å²) in [6.45, 7) is 4.39. The summed E-state index contributed by atoms with van der Waals surface area (Å²) < 4.78 is 0. The predicted molar refractivity (Wildman–Crippen MR) is 115 cm³/mol. The molecule has 0 saturated heterocycles. The molecule has 0 heterocycles. The Labute approximate surface area is 160 Å². The van der Waals surface area contributed by atoms with Crippen LogP contribution in [0.3, 0.4) is 0 Å². The Morgan fingerprint density at radius 1 is 0.962 bits per heavy atom. The minimum atomic E-state index is 0.913. The lowest BCUT2D eigenvalue weighted by atomic mass is 9.80. The van der Waals surface area contributed by atoms with Gasteiger partial charge in [0.2, 0.25) is 0 Å². The number of aryl methyl sites for hydroxylation is 2. The van der Waals surface area contributed by atoms with Gasteiger partial charge in [0.1, 0.15) is 0 Å². The first-order valence-electron chi connectivity index (χ1n) is 10.6. The van der Waals surface area contributed by atoms with Gasteiger partial charge in [0, 0.05) is 0 Å². The highest BCUT2D eigenvalue weighted by molar-refractivity contribution is 5.65. The molecule has 2 aromatic rings. The lowest BCUT2D eigenvalue weighted by Crippen LogP contribution is -2.14. The Morgan fingerprint density at radius 2 is 1.77 bits per heavy atom. The van der Waals surface area contributed by atoms with Crippen LogP contribution in [0.15, 0.2) is 54.6 Å². The summed E-state index contributed by atoms with van der Waals surface area (Å²) in [5.41, 5.74) is 7.36. The molecule has 0 spiro atoms. The lowest BCUT2D eigenvalue weighted by molar-refractivity contribution is 0.408. The van der Waals surface area contributed by atoms with Crippen molar-refractivity contribution in [3.05, 3.63) is 71.3 Å². The second-order valence-corrected chi connectivity index (χ2v) is 7.89. The Balaban J connectivity index is 1.64. The van der Waals surface area contributed by atoms with Crippen LogP contribution in [0.2, 0.25) is 0 Å². The maximum Gasteiger partial charge on any atom is -0.0181 e. The molecule has 1 aliphatic rings. The molecule has 1 unspecified atom stereocenters. The van der Waals surface area contributed by atoms with E-state index in [2.05, 4.69) is 68.5 Å². The standard InChI is InChI=1S/C26H34/c1-3-5-7-9-21-11-14-23(15-12-21)25-18-17-24-19-22(10-8-6-4-2)13-16-26(24)20-25/h3,5,11-12,14-15,17-18,20,22H,4,6-10,13,16,19H2,1-2H3/b5-3+. The molecule has 0 fully saturated rings. The van der Waals surface area contributed by atoms with Crippen LogP contribution < -0.4 is 0 Å². The summed E-state index contributed by atoms with van der Waals surface area (Å²) in [6, 6.07) is 16.4. The van der Waals surface area contributed by atoms with Crippen molar-refractivity contribution < 1.29 is 0 Å². The average molecular weight is 347 g/mol. The van der Waals surface area contributed by atoms with Crippen molar-refractivity contribution in [3.8, 4) is 11.1 Å². The SMILES string of the molecule is C/C=C/CCc1ccc(-c2ccc3c(c2)CCC(CCCCC)C3)cc1. The number of allylic oxidation sites excluding steroid dienone is 2. The molecule has 0 saturated carbocycles. The van der Waals surface area contributed by atoms with Crippen molar-refractivity contribution in [2.45, 2.75) is 71.6 Å². The fourth-order valence-corrected chi connectivity index (χ4v) is 4.22. The monoisotopic (exact) mass is 346 g/mol. The maximum absolute atomic E-state index is 2.45. The lowest BCUT2D eigenvalue weighted by Gasteiger charge is -2.25. The van der Waals surface area contributed by atoms with Crippen LogP contribution in [0, 0.1) is 5.92 Å². The minimum Gasteiger partial charge on any atom is -0.0917 e. The average Bonchev–Trinajstić information content (AvgIpc) is 2.68. The highest BCUT2D eigenvalue weighted by Gasteiger charge is 2.18. The molecular formula is C26H34. The van der Waals surface area contributed by atoms with E-state index in [4.69, 9.17) is 0 Å². The first-order chi connectivity index (χ1) is 12.8. The van der Waals surface area contributed by atoms with E-state index in [0.29, 0.717) is 0 Å². The largest absolute Gasteiger partial charge is 0.0917 e. The van der Waals surface area contributed by atoms with Gasteiger partial charge in [-0.1, -0.05) is 87.2 Å². The fourth-order valence-electron chi connectivity index (χ4n) is 4.22. The highest BCUT2D eigenvalue weighted by Crippen LogP contribution is 2.32. The van der Waals surface area contributed by atoms with E-state index in [1.807, 2.05) is 0 Å². The number of unbranched alkanes of at least 4 members (excludes halogenated alkanes) is 2. The summed E-state index contributed by atoms with van der Waals surface area (Å²) in [7, 11) is 0. The molecule has 0 N–H and O–H groups in total. The Hall–Kier alpha value is -1.82. The molecule has 3 rings (SSSR count). The van der Waals surface area contributed by atoms with Crippen molar-refractivity contribution in [3.63, 3.8) is 0 Å². The third-order valence-corrected chi connectivity index (χ3v) is 5.88. The zero-order valence-electron chi connectivity index (χ0n) is 16.6. The first-order valence-corrected chi connectivity index (χ1v) is 10.6. The van der Waals surface area contributed by atoms with Gasteiger partial charge < -0.3 is 0 Å². The topological polar surface area (TPSA) is 0 Å². The van der Waals surface area contributed by atoms with Crippen LogP contribution in [-0.4, -0.2) is 0 Å². The van der Waals surface area contributed by atoms with Crippen molar-refractivity contribution in [2.75, 3.05) is 0 Å². The van der Waals surface area contributed by atoms with Crippen molar-refractivity contribution in [1.82, 2.24) is 0 Å². The van der Waals surface area contributed by atoms with Gasteiger partial charge in [-0.25, -0.2) is 0 Å². The third kappa shape index (κ3) is 5.10. The summed E-state index contributed by atoms with van der Waals surface area (Å²) in [5, 5.41) is 0. The van der Waals surface area contributed by atoms with Gasteiger partial charge in [-0.3, -0.25) is 0 Å². The third-order valence-electron chi connectivity index (χ3n) is 5.88. The van der Waals surface area contributed by atoms with Crippen molar-refractivity contribution in [1.29, 1.82) is 0 Å². The molecule has 0 nitrogen and oxygen atoms in total. The molecule has 0 amide bonds. The van der Waals surface area contributed by atoms with Crippen LogP contribution in [0.1, 0.15) is 69.1 Å². The summed E-state index contributed by atoms with van der Waals surface area (Å²) >= 11 is 0. The number of benzene rings is 2. The number of hydrogen-bond acceptors (Lipinski definition) is 0. The molecular weight excluding hydrogens is 312 g/mol. The summed E-state index contributed by atoms with van der Waals surface area (Å²) in [5.74, 6) is 0.913. The van der Waals surface area contributed by atoms with E-state index in [0.717, 1.165) is 18.8 Å². The second kappa shape index (κ2) is 9.76. The summed E-state index contributed by atoms with van der Waals surface area (Å²) in [4.78, 5) is 0. The fraction of sp³-hybridized carbons (Fsp3) is 0.462. The van der Waals surface area contributed by atoms with Gasteiger partial charge in [0.05, 0.1) is 0 Å². The smallest absolute Gasteiger partial charge is 0.0181 e. The zero-order chi connectivity index (χ0) is 18.2. The van der Waals surface area contributed by atoms with Gasteiger partial charge in [-0.15, -0.1) is 0 Å². The van der Waals surface area contributed by atoms with Crippen LogP contribution >= 0.6 is 0 Å². The van der Waals surface area contributed by atoms with E-state index in [-0.39, 0.29) is 0 Å². The summed E-state index contributed by atoms with van der Waals surface area (Å²) in [6.07, 6.45) is 16.1. The minimum absolute atomic E-state index is 0.913. The number of hydrogen-bond donors (Lipinski definition) is 0. The van der Waals surface area contributed by atoms with Crippen LogP contribution in [-0.2, 0) is 19.3 Å². The van der Waals surface area contributed by atoms with E-state index >= 15 is 0 Å². The predicted octanol–water partition coefficient (Wildman–Crippen LogP) is 7.55.